The van der Waals surface area contributed by atoms with Gasteiger partial charge in [0, 0.05) is 9.75 Å². The van der Waals surface area contributed by atoms with Gasteiger partial charge >= 0.3 is 0 Å². The van der Waals surface area contributed by atoms with Crippen LogP contribution in [0, 0.1) is 6.92 Å². The van der Waals surface area contributed by atoms with E-state index >= 15 is 0 Å². The SMILES string of the molecule is CC.Cc1cc(-c2ccc(-c3ccc(O)c(O)c3)s2)cc(O)c1O. The van der Waals surface area contributed by atoms with E-state index in [0.717, 1.165) is 20.9 Å². The van der Waals surface area contributed by atoms with Crippen molar-refractivity contribution in [3.8, 4) is 43.9 Å². The molecule has 0 amide bonds. The molecule has 24 heavy (non-hydrogen) atoms. The highest BCUT2D eigenvalue weighted by Crippen LogP contribution is 2.40. The number of thiophene rings is 1. The van der Waals surface area contributed by atoms with Crippen molar-refractivity contribution in [1.82, 2.24) is 0 Å². The largest absolute Gasteiger partial charge is 0.504 e. The van der Waals surface area contributed by atoms with Crippen LogP contribution in [-0.2, 0) is 0 Å². The van der Waals surface area contributed by atoms with Crippen LogP contribution in [-0.4, -0.2) is 20.4 Å². The van der Waals surface area contributed by atoms with Gasteiger partial charge in [0.1, 0.15) is 0 Å². The summed E-state index contributed by atoms with van der Waals surface area (Å²) in [7, 11) is 0. The van der Waals surface area contributed by atoms with E-state index in [9.17, 15) is 20.4 Å². The van der Waals surface area contributed by atoms with Crippen molar-refractivity contribution in [2.24, 2.45) is 0 Å². The smallest absolute Gasteiger partial charge is 0.160 e. The van der Waals surface area contributed by atoms with Gasteiger partial charge in [-0.05, 0) is 66.1 Å². The van der Waals surface area contributed by atoms with E-state index in [4.69, 9.17) is 0 Å². The molecule has 5 heteroatoms. The van der Waals surface area contributed by atoms with Crippen molar-refractivity contribution in [3.63, 3.8) is 0 Å². The molecule has 4 N–H and O–H groups in total. The first kappa shape index (κ1) is 17.7. The highest BCUT2D eigenvalue weighted by molar-refractivity contribution is 7.18. The second-order valence-electron chi connectivity index (χ2n) is 5.03. The zero-order valence-electron chi connectivity index (χ0n) is 13.7. The Balaban J connectivity index is 0.00000100. The summed E-state index contributed by atoms with van der Waals surface area (Å²) in [6.07, 6.45) is 0. The Morgan fingerprint density at radius 3 is 1.83 bits per heavy atom. The Bertz CT molecular complexity index is 829. The summed E-state index contributed by atoms with van der Waals surface area (Å²) in [6.45, 7) is 5.73. The van der Waals surface area contributed by atoms with E-state index in [2.05, 4.69) is 0 Å². The second-order valence-corrected chi connectivity index (χ2v) is 6.11. The first-order valence-corrected chi connectivity index (χ1v) is 8.42. The molecule has 3 rings (SSSR count). The third-order valence-corrected chi connectivity index (χ3v) is 4.61. The molecule has 1 aromatic heterocycles. The first-order valence-electron chi connectivity index (χ1n) is 7.61. The van der Waals surface area contributed by atoms with Crippen LogP contribution in [0.5, 0.6) is 23.0 Å². The molecular formula is C19H20O4S. The summed E-state index contributed by atoms with van der Waals surface area (Å²) >= 11 is 1.49. The molecule has 0 atom stereocenters. The zero-order valence-corrected chi connectivity index (χ0v) is 14.6. The summed E-state index contributed by atoms with van der Waals surface area (Å²) in [4.78, 5) is 1.86. The molecule has 0 bridgehead atoms. The molecule has 1 heterocycles. The highest BCUT2D eigenvalue weighted by atomic mass is 32.1. The number of hydrogen-bond donors (Lipinski definition) is 4. The molecule has 2 aromatic carbocycles. The molecule has 4 nitrogen and oxygen atoms in total. The first-order chi connectivity index (χ1) is 11.5. The Labute approximate surface area is 144 Å². The fourth-order valence-corrected chi connectivity index (χ4v) is 3.22. The quantitative estimate of drug-likeness (QED) is 0.479. The van der Waals surface area contributed by atoms with Gasteiger partial charge in [0.2, 0.25) is 0 Å². The van der Waals surface area contributed by atoms with Crippen LogP contribution in [0.15, 0.2) is 42.5 Å². The van der Waals surface area contributed by atoms with Crippen LogP contribution >= 0.6 is 11.3 Å². The number of aromatic hydroxyl groups is 4. The van der Waals surface area contributed by atoms with E-state index in [1.807, 2.05) is 26.0 Å². The summed E-state index contributed by atoms with van der Waals surface area (Å²) in [5.41, 5.74) is 2.21. The minimum absolute atomic E-state index is 0.107. The maximum Gasteiger partial charge on any atom is 0.160 e. The molecular weight excluding hydrogens is 324 g/mol. The zero-order chi connectivity index (χ0) is 17.9. The Morgan fingerprint density at radius 1 is 0.667 bits per heavy atom. The normalized spacial score (nSPS) is 10.1. The van der Waals surface area contributed by atoms with Gasteiger partial charge in [-0.15, -0.1) is 11.3 Å². The summed E-state index contributed by atoms with van der Waals surface area (Å²) in [5.74, 6) is -0.568. The molecule has 0 saturated carbocycles. The van der Waals surface area contributed by atoms with Crippen LogP contribution in [0.2, 0.25) is 0 Å². The van der Waals surface area contributed by atoms with Crippen LogP contribution in [0.25, 0.3) is 20.9 Å². The molecule has 0 unspecified atom stereocenters. The number of rotatable bonds is 2. The third kappa shape index (κ3) is 3.46. The fraction of sp³-hybridized carbons (Fsp3) is 0.158. The maximum atomic E-state index is 9.73. The topological polar surface area (TPSA) is 80.9 Å². The van der Waals surface area contributed by atoms with Crippen molar-refractivity contribution < 1.29 is 20.4 Å². The van der Waals surface area contributed by atoms with Gasteiger partial charge < -0.3 is 20.4 Å². The minimum atomic E-state index is -0.162. The van der Waals surface area contributed by atoms with Gasteiger partial charge in [0.15, 0.2) is 23.0 Å². The van der Waals surface area contributed by atoms with E-state index in [0.29, 0.717) is 5.56 Å². The van der Waals surface area contributed by atoms with Crippen LogP contribution in [0.1, 0.15) is 19.4 Å². The van der Waals surface area contributed by atoms with Gasteiger partial charge in [-0.1, -0.05) is 13.8 Å². The van der Waals surface area contributed by atoms with Crippen molar-refractivity contribution in [1.29, 1.82) is 0 Å². The van der Waals surface area contributed by atoms with Crippen LogP contribution in [0.3, 0.4) is 0 Å². The third-order valence-electron chi connectivity index (χ3n) is 3.43. The van der Waals surface area contributed by atoms with Crippen molar-refractivity contribution in [2.45, 2.75) is 20.8 Å². The molecule has 0 saturated heterocycles. The van der Waals surface area contributed by atoms with E-state index in [1.165, 1.54) is 29.5 Å². The average Bonchev–Trinajstić information content (AvgIpc) is 3.06. The Kier molecular flexibility index (Phi) is 5.36. The van der Waals surface area contributed by atoms with Crippen molar-refractivity contribution >= 4 is 11.3 Å². The lowest BCUT2D eigenvalue weighted by molar-refractivity contribution is 0.401. The number of benzene rings is 2. The van der Waals surface area contributed by atoms with Crippen molar-refractivity contribution in [3.05, 3.63) is 48.0 Å². The average molecular weight is 344 g/mol. The minimum Gasteiger partial charge on any atom is -0.504 e. The lowest BCUT2D eigenvalue weighted by atomic mass is 10.1. The van der Waals surface area contributed by atoms with Crippen LogP contribution < -0.4 is 0 Å². The number of aryl methyl sites for hydroxylation is 1. The molecule has 0 radical (unpaired) electrons. The standard InChI is InChI=1S/C17H14O4S.C2H6/c1-9-6-11(8-14(20)17(9)21)16-5-4-15(22-16)10-2-3-12(18)13(19)7-10;1-2/h2-8,18-21H,1H3;1-2H3. The van der Waals surface area contributed by atoms with Gasteiger partial charge in [-0.3, -0.25) is 0 Å². The molecule has 0 aliphatic carbocycles. The molecule has 0 aliphatic rings. The highest BCUT2D eigenvalue weighted by Gasteiger charge is 2.11. The maximum absolute atomic E-state index is 9.73. The lowest BCUT2D eigenvalue weighted by Gasteiger charge is -2.05. The number of hydrogen-bond acceptors (Lipinski definition) is 5. The van der Waals surface area contributed by atoms with Gasteiger partial charge in [-0.25, -0.2) is 0 Å². The summed E-state index contributed by atoms with van der Waals surface area (Å²) < 4.78 is 0. The molecule has 0 fully saturated rings. The molecule has 126 valence electrons. The predicted molar refractivity (Wildman–Crippen MR) is 97.9 cm³/mol. The van der Waals surface area contributed by atoms with Gasteiger partial charge in [0.05, 0.1) is 0 Å². The lowest BCUT2D eigenvalue weighted by Crippen LogP contribution is -1.79. The number of phenols is 4. The summed E-state index contributed by atoms with van der Waals surface area (Å²) in [6, 6.07) is 11.8. The Hall–Kier alpha value is -2.66. The predicted octanol–water partition coefficient (Wildman–Crippen LogP) is 5.24. The molecule has 0 spiro atoms. The van der Waals surface area contributed by atoms with E-state index in [-0.39, 0.29) is 23.0 Å². The van der Waals surface area contributed by atoms with Gasteiger partial charge in [-0.2, -0.15) is 0 Å². The summed E-state index contributed by atoms with van der Waals surface area (Å²) in [5, 5.41) is 38.3. The fourth-order valence-electron chi connectivity index (χ4n) is 2.23. The monoisotopic (exact) mass is 344 g/mol. The van der Waals surface area contributed by atoms with E-state index in [1.54, 1.807) is 19.1 Å². The molecule has 0 aliphatic heterocycles. The van der Waals surface area contributed by atoms with Gasteiger partial charge in [0.25, 0.3) is 0 Å². The molecule has 3 aromatic rings. The Morgan fingerprint density at radius 2 is 1.25 bits per heavy atom. The van der Waals surface area contributed by atoms with E-state index < -0.39 is 0 Å². The number of phenolic OH excluding ortho intramolecular Hbond substituents is 4. The van der Waals surface area contributed by atoms with Crippen molar-refractivity contribution in [2.75, 3.05) is 0 Å². The van der Waals surface area contributed by atoms with Crippen LogP contribution in [0.4, 0.5) is 0 Å². The second kappa shape index (κ2) is 7.27.